The molecule has 0 unspecified atom stereocenters. The number of carbonyl (C=O) groups excluding carboxylic acids is 1. The van der Waals surface area contributed by atoms with Gasteiger partial charge in [-0.25, -0.2) is 0 Å². The van der Waals surface area contributed by atoms with Crippen LogP contribution in [0.15, 0.2) is 34.7 Å². The zero-order valence-electron chi connectivity index (χ0n) is 13.6. The summed E-state index contributed by atoms with van der Waals surface area (Å²) in [5.41, 5.74) is 0.697. The highest BCUT2D eigenvalue weighted by atomic mass is 16.5. The Bertz CT molecular complexity index is 695. The van der Waals surface area contributed by atoms with Gasteiger partial charge >= 0.3 is 0 Å². The molecule has 2 aliphatic heterocycles. The molecular formula is C18H21N3O3. The van der Waals surface area contributed by atoms with E-state index in [2.05, 4.69) is 10.2 Å². The molecular weight excluding hydrogens is 306 g/mol. The number of hydrogen-bond donors (Lipinski definition) is 0. The minimum atomic E-state index is -0.144. The topological polar surface area (TPSA) is 68.5 Å². The van der Waals surface area contributed by atoms with E-state index in [1.54, 1.807) is 0 Å². The monoisotopic (exact) mass is 327 g/mol. The van der Waals surface area contributed by atoms with Crippen LogP contribution in [0.3, 0.4) is 0 Å². The molecule has 6 heteroatoms. The van der Waals surface area contributed by atoms with Crippen molar-refractivity contribution in [2.75, 3.05) is 13.2 Å². The molecule has 0 aliphatic carbocycles. The lowest BCUT2D eigenvalue weighted by Crippen LogP contribution is -2.38. The van der Waals surface area contributed by atoms with Crippen molar-refractivity contribution in [2.45, 2.75) is 44.2 Å². The van der Waals surface area contributed by atoms with Gasteiger partial charge in [-0.3, -0.25) is 4.79 Å². The Balaban J connectivity index is 1.57. The fourth-order valence-corrected chi connectivity index (χ4v) is 3.46. The van der Waals surface area contributed by atoms with Crippen molar-refractivity contribution in [3.63, 3.8) is 0 Å². The van der Waals surface area contributed by atoms with Crippen LogP contribution in [-0.4, -0.2) is 34.2 Å². The molecule has 6 nitrogen and oxygen atoms in total. The zero-order valence-corrected chi connectivity index (χ0v) is 13.6. The number of likely N-dealkylation sites (tertiary alicyclic amines) is 1. The summed E-state index contributed by atoms with van der Waals surface area (Å²) in [7, 11) is 0. The zero-order chi connectivity index (χ0) is 16.4. The molecule has 2 aromatic rings. The number of piperidine rings is 1. The predicted octanol–water partition coefficient (Wildman–Crippen LogP) is 3.29. The number of benzene rings is 1. The average Bonchev–Trinajstić information content (AvgIpc) is 3.33. The molecule has 0 saturated carbocycles. The number of hydrogen-bond acceptors (Lipinski definition) is 5. The summed E-state index contributed by atoms with van der Waals surface area (Å²) in [6.45, 7) is 1.46. The molecule has 2 fully saturated rings. The average molecular weight is 327 g/mol. The van der Waals surface area contributed by atoms with Crippen molar-refractivity contribution >= 4 is 5.91 Å². The number of rotatable bonds is 3. The lowest BCUT2D eigenvalue weighted by atomic mass is 10.0. The smallest absolute Gasteiger partial charge is 0.254 e. The fraction of sp³-hybridized carbons (Fsp3) is 0.500. The normalized spacial score (nSPS) is 24.2. The number of aromatic nitrogens is 2. The van der Waals surface area contributed by atoms with E-state index in [9.17, 15) is 4.79 Å². The molecule has 2 atom stereocenters. The van der Waals surface area contributed by atoms with Gasteiger partial charge < -0.3 is 14.1 Å². The third-order valence-corrected chi connectivity index (χ3v) is 4.73. The molecule has 2 saturated heterocycles. The Morgan fingerprint density at radius 3 is 2.67 bits per heavy atom. The molecule has 4 rings (SSSR count). The molecule has 24 heavy (non-hydrogen) atoms. The van der Waals surface area contributed by atoms with Crippen LogP contribution in [0.4, 0.5) is 0 Å². The van der Waals surface area contributed by atoms with Crippen molar-refractivity contribution in [1.29, 1.82) is 0 Å². The van der Waals surface area contributed by atoms with Crippen LogP contribution in [0.5, 0.6) is 0 Å². The molecule has 0 spiro atoms. The van der Waals surface area contributed by atoms with Gasteiger partial charge in [0.05, 0.1) is 0 Å². The Hall–Kier alpha value is -2.21. The van der Waals surface area contributed by atoms with E-state index in [0.717, 1.165) is 45.3 Å². The lowest BCUT2D eigenvalue weighted by Gasteiger charge is -2.33. The van der Waals surface area contributed by atoms with Crippen LogP contribution in [-0.2, 0) is 4.74 Å². The maximum absolute atomic E-state index is 12.9. The summed E-state index contributed by atoms with van der Waals surface area (Å²) in [4.78, 5) is 14.7. The maximum atomic E-state index is 12.9. The van der Waals surface area contributed by atoms with E-state index in [1.165, 1.54) is 0 Å². The third kappa shape index (κ3) is 2.94. The highest BCUT2D eigenvalue weighted by Gasteiger charge is 2.33. The van der Waals surface area contributed by atoms with Crippen molar-refractivity contribution in [3.05, 3.63) is 47.7 Å². The Kier molecular flexibility index (Phi) is 4.30. The van der Waals surface area contributed by atoms with Gasteiger partial charge in [0.2, 0.25) is 11.8 Å². The third-order valence-electron chi connectivity index (χ3n) is 4.73. The summed E-state index contributed by atoms with van der Waals surface area (Å²) >= 11 is 0. The fourth-order valence-electron chi connectivity index (χ4n) is 3.46. The molecule has 1 aromatic heterocycles. The minimum Gasteiger partial charge on any atom is -0.420 e. The van der Waals surface area contributed by atoms with Crippen molar-refractivity contribution in [2.24, 2.45) is 0 Å². The summed E-state index contributed by atoms with van der Waals surface area (Å²) in [5, 5.41) is 8.38. The summed E-state index contributed by atoms with van der Waals surface area (Å²) in [5.74, 6) is 1.10. The van der Waals surface area contributed by atoms with Gasteiger partial charge in [0.25, 0.3) is 5.91 Å². The number of carbonyl (C=O) groups is 1. The van der Waals surface area contributed by atoms with E-state index >= 15 is 0 Å². The van der Waals surface area contributed by atoms with E-state index in [-0.39, 0.29) is 18.1 Å². The van der Waals surface area contributed by atoms with Crippen LogP contribution in [0.1, 0.15) is 66.4 Å². The van der Waals surface area contributed by atoms with Crippen LogP contribution < -0.4 is 0 Å². The first kappa shape index (κ1) is 15.3. The highest BCUT2D eigenvalue weighted by molar-refractivity contribution is 5.94. The van der Waals surface area contributed by atoms with Gasteiger partial charge in [0, 0.05) is 18.7 Å². The number of ether oxygens (including phenoxy) is 1. The Morgan fingerprint density at radius 1 is 1.04 bits per heavy atom. The number of amides is 1. The van der Waals surface area contributed by atoms with E-state index in [0.29, 0.717) is 17.3 Å². The minimum absolute atomic E-state index is 0.0252. The van der Waals surface area contributed by atoms with Crippen LogP contribution >= 0.6 is 0 Å². The molecule has 1 aromatic carbocycles. The maximum Gasteiger partial charge on any atom is 0.254 e. The second-order valence-corrected chi connectivity index (χ2v) is 6.36. The first-order valence-corrected chi connectivity index (χ1v) is 8.64. The van der Waals surface area contributed by atoms with E-state index < -0.39 is 0 Å². The molecule has 2 aliphatic rings. The van der Waals surface area contributed by atoms with Gasteiger partial charge in [0.15, 0.2) is 0 Å². The van der Waals surface area contributed by atoms with Crippen molar-refractivity contribution in [1.82, 2.24) is 15.1 Å². The van der Waals surface area contributed by atoms with Crippen LogP contribution in [0.25, 0.3) is 0 Å². The molecule has 0 radical (unpaired) electrons. The standard InChI is InChI=1S/C18H21N3O3/c22-18(13-7-2-1-3-8-13)21-11-5-4-9-14(21)16-19-20-17(24-16)15-10-6-12-23-15/h1-3,7-8,14-15H,4-6,9-12H2/t14-,15-/m1/s1. The Labute approximate surface area is 140 Å². The summed E-state index contributed by atoms with van der Waals surface area (Å²) < 4.78 is 11.5. The van der Waals surface area contributed by atoms with E-state index in [1.807, 2.05) is 35.2 Å². The van der Waals surface area contributed by atoms with Crippen molar-refractivity contribution in [3.8, 4) is 0 Å². The first-order valence-electron chi connectivity index (χ1n) is 8.64. The molecule has 3 heterocycles. The summed E-state index contributed by atoms with van der Waals surface area (Å²) in [6, 6.07) is 9.23. The highest BCUT2D eigenvalue weighted by Crippen LogP contribution is 2.34. The van der Waals surface area contributed by atoms with Crippen LogP contribution in [0, 0.1) is 0 Å². The SMILES string of the molecule is O=C(c1ccccc1)N1CCCC[C@@H]1c1nnc([C@H]2CCCO2)o1. The van der Waals surface area contributed by atoms with E-state index in [4.69, 9.17) is 9.15 Å². The molecule has 0 bridgehead atoms. The largest absolute Gasteiger partial charge is 0.420 e. The second kappa shape index (κ2) is 6.73. The Morgan fingerprint density at radius 2 is 1.88 bits per heavy atom. The first-order chi connectivity index (χ1) is 11.8. The molecule has 0 N–H and O–H groups in total. The van der Waals surface area contributed by atoms with Gasteiger partial charge in [-0.15, -0.1) is 10.2 Å². The molecule has 126 valence electrons. The van der Waals surface area contributed by atoms with Gasteiger partial charge in [-0.2, -0.15) is 0 Å². The van der Waals surface area contributed by atoms with Gasteiger partial charge in [0.1, 0.15) is 12.1 Å². The van der Waals surface area contributed by atoms with Gasteiger partial charge in [-0.1, -0.05) is 18.2 Å². The van der Waals surface area contributed by atoms with Crippen molar-refractivity contribution < 1.29 is 13.9 Å². The number of nitrogens with zero attached hydrogens (tertiary/aromatic N) is 3. The van der Waals surface area contributed by atoms with Crippen LogP contribution in [0.2, 0.25) is 0 Å². The quantitative estimate of drug-likeness (QED) is 0.865. The second-order valence-electron chi connectivity index (χ2n) is 6.36. The predicted molar refractivity (Wildman–Crippen MR) is 86.3 cm³/mol. The molecule has 1 amide bonds. The lowest BCUT2D eigenvalue weighted by molar-refractivity contribution is 0.0549. The summed E-state index contributed by atoms with van der Waals surface area (Å²) in [6.07, 6.45) is 4.76. The van der Waals surface area contributed by atoms with Gasteiger partial charge in [-0.05, 0) is 44.2 Å².